The van der Waals surface area contributed by atoms with E-state index in [0.29, 0.717) is 5.56 Å². The summed E-state index contributed by atoms with van der Waals surface area (Å²) in [5, 5.41) is 16.4. The van der Waals surface area contributed by atoms with Gasteiger partial charge in [-0.05, 0) is 13.8 Å². The van der Waals surface area contributed by atoms with Crippen LogP contribution in [0.25, 0.3) is 0 Å². The van der Waals surface area contributed by atoms with Gasteiger partial charge in [-0.15, -0.1) is 0 Å². The number of carbonyl (C=O) groups is 2. The van der Waals surface area contributed by atoms with Gasteiger partial charge in [0.05, 0.1) is 17.6 Å². The Labute approximate surface area is 149 Å². The molecule has 0 aliphatic carbocycles. The molecule has 0 saturated carbocycles. The third-order valence-corrected chi connectivity index (χ3v) is 3.41. The average molecular weight is 358 g/mol. The number of nitrogens with one attached hydrogen (secondary N) is 2. The van der Waals surface area contributed by atoms with E-state index in [9.17, 15) is 19.7 Å². The minimum atomic E-state index is -0.729. The van der Waals surface area contributed by atoms with Gasteiger partial charge in [0.15, 0.2) is 5.78 Å². The summed E-state index contributed by atoms with van der Waals surface area (Å²) >= 11 is 0. The van der Waals surface area contributed by atoms with E-state index in [1.807, 2.05) is 0 Å². The van der Waals surface area contributed by atoms with Crippen molar-refractivity contribution >= 4 is 29.1 Å². The van der Waals surface area contributed by atoms with Crippen LogP contribution >= 0.6 is 0 Å². The van der Waals surface area contributed by atoms with Crippen LogP contribution in [0.2, 0.25) is 0 Å². The number of Topliss-reactive ketones (excluding diaryl/α,β-unsaturated/α-hetero) is 1. The van der Waals surface area contributed by atoms with Crippen LogP contribution < -0.4 is 10.6 Å². The second-order valence-corrected chi connectivity index (χ2v) is 5.29. The van der Waals surface area contributed by atoms with E-state index < -0.39 is 17.1 Å². The maximum Gasteiger partial charge on any atom is 0.412 e. The number of pyridine rings is 1. The van der Waals surface area contributed by atoms with Crippen LogP contribution in [0, 0.1) is 10.1 Å². The largest absolute Gasteiger partial charge is 0.450 e. The number of aromatic nitrogens is 1. The Bertz CT molecular complexity index is 810. The Balaban J connectivity index is 2.23. The second-order valence-electron chi connectivity index (χ2n) is 5.29. The van der Waals surface area contributed by atoms with Gasteiger partial charge in [0, 0.05) is 11.6 Å². The highest BCUT2D eigenvalue weighted by atomic mass is 16.6. The van der Waals surface area contributed by atoms with Gasteiger partial charge in [0.2, 0.25) is 0 Å². The maximum atomic E-state index is 12.4. The summed E-state index contributed by atoms with van der Waals surface area (Å²) in [4.78, 5) is 38.3. The summed E-state index contributed by atoms with van der Waals surface area (Å²) < 4.78 is 4.74. The number of ketones is 1. The van der Waals surface area contributed by atoms with Gasteiger partial charge in [-0.3, -0.25) is 20.2 Å². The molecular weight excluding hydrogens is 340 g/mol. The van der Waals surface area contributed by atoms with Gasteiger partial charge in [0.1, 0.15) is 17.7 Å². The first kappa shape index (κ1) is 18.8. The number of ether oxygens (including phenoxy) is 1. The van der Waals surface area contributed by atoms with E-state index in [0.717, 1.165) is 6.20 Å². The summed E-state index contributed by atoms with van der Waals surface area (Å²) in [7, 11) is 0. The summed E-state index contributed by atoms with van der Waals surface area (Å²) in [6.45, 7) is 3.41. The SMILES string of the molecule is CCOC(=O)Nc1cc(N[C@@H](C)C(=O)c2ccccc2)c([N+](=O)[O-])cn1. The van der Waals surface area contributed by atoms with Crippen LogP contribution in [0.1, 0.15) is 24.2 Å². The van der Waals surface area contributed by atoms with Crippen molar-refractivity contribution in [1.29, 1.82) is 0 Å². The van der Waals surface area contributed by atoms with Crippen molar-refractivity contribution in [3.05, 3.63) is 58.3 Å². The number of nitro groups is 1. The molecule has 26 heavy (non-hydrogen) atoms. The smallest absolute Gasteiger partial charge is 0.412 e. The molecule has 1 heterocycles. The highest BCUT2D eigenvalue weighted by Crippen LogP contribution is 2.27. The first-order chi connectivity index (χ1) is 12.4. The molecule has 0 bridgehead atoms. The van der Waals surface area contributed by atoms with Gasteiger partial charge in [-0.2, -0.15) is 0 Å². The lowest BCUT2D eigenvalue weighted by molar-refractivity contribution is -0.384. The number of anilines is 2. The van der Waals surface area contributed by atoms with Gasteiger partial charge in [0.25, 0.3) is 0 Å². The molecule has 9 heteroatoms. The lowest BCUT2D eigenvalue weighted by atomic mass is 10.1. The standard InChI is InChI=1S/C17H18N4O5/c1-3-26-17(23)20-15-9-13(14(10-18-15)21(24)25)19-11(2)16(22)12-7-5-4-6-8-12/h4-11H,3H2,1-2H3,(H2,18,19,20,23)/t11-/m0/s1. The summed E-state index contributed by atoms with van der Waals surface area (Å²) in [6, 6.07) is 9.13. The number of benzene rings is 1. The zero-order valence-corrected chi connectivity index (χ0v) is 14.3. The fourth-order valence-electron chi connectivity index (χ4n) is 2.20. The number of hydrogen-bond acceptors (Lipinski definition) is 7. The molecule has 1 amide bonds. The number of hydrogen-bond donors (Lipinski definition) is 2. The first-order valence-corrected chi connectivity index (χ1v) is 7.86. The average Bonchev–Trinajstić information content (AvgIpc) is 2.62. The molecule has 2 rings (SSSR count). The molecule has 1 atom stereocenters. The molecule has 1 aromatic carbocycles. The highest BCUT2D eigenvalue weighted by molar-refractivity contribution is 6.01. The summed E-state index contributed by atoms with van der Waals surface area (Å²) in [5.74, 6) is -0.160. The molecule has 0 radical (unpaired) electrons. The van der Waals surface area contributed by atoms with Crippen molar-refractivity contribution in [3.8, 4) is 0 Å². The number of nitrogens with zero attached hydrogens (tertiary/aromatic N) is 2. The molecule has 2 aromatic rings. The van der Waals surface area contributed by atoms with E-state index in [4.69, 9.17) is 4.74 Å². The normalized spacial score (nSPS) is 11.3. The Morgan fingerprint density at radius 1 is 1.31 bits per heavy atom. The topological polar surface area (TPSA) is 123 Å². The van der Waals surface area contributed by atoms with Crippen LogP contribution in [0.4, 0.5) is 22.0 Å². The minimum absolute atomic E-state index is 0.0635. The number of rotatable bonds is 7. The molecule has 1 aromatic heterocycles. The van der Waals surface area contributed by atoms with Gasteiger partial charge < -0.3 is 10.1 Å². The summed E-state index contributed by atoms with van der Waals surface area (Å²) in [6.07, 6.45) is 0.275. The van der Waals surface area contributed by atoms with Crippen LogP contribution in [0.3, 0.4) is 0 Å². The van der Waals surface area contributed by atoms with Gasteiger partial charge >= 0.3 is 11.8 Å². The predicted octanol–water partition coefficient (Wildman–Crippen LogP) is 3.24. The summed E-state index contributed by atoms with van der Waals surface area (Å²) in [5.41, 5.74) is 0.231. The predicted molar refractivity (Wildman–Crippen MR) is 95.4 cm³/mol. The Morgan fingerprint density at radius 2 is 2.00 bits per heavy atom. The van der Waals surface area contributed by atoms with Crippen LogP contribution in [0.15, 0.2) is 42.6 Å². The van der Waals surface area contributed by atoms with Crippen molar-refractivity contribution in [2.75, 3.05) is 17.2 Å². The van der Waals surface area contributed by atoms with E-state index in [1.54, 1.807) is 44.2 Å². The van der Waals surface area contributed by atoms with Crippen molar-refractivity contribution in [1.82, 2.24) is 4.98 Å². The molecule has 136 valence electrons. The van der Waals surface area contributed by atoms with E-state index >= 15 is 0 Å². The van der Waals surface area contributed by atoms with Crippen LogP contribution in [0.5, 0.6) is 0 Å². The van der Waals surface area contributed by atoms with Crippen molar-refractivity contribution in [3.63, 3.8) is 0 Å². The third kappa shape index (κ3) is 4.76. The Morgan fingerprint density at radius 3 is 2.62 bits per heavy atom. The molecule has 0 unspecified atom stereocenters. The molecule has 0 aliphatic heterocycles. The molecule has 0 spiro atoms. The monoisotopic (exact) mass is 358 g/mol. The molecular formula is C17H18N4O5. The van der Waals surface area contributed by atoms with E-state index in [-0.39, 0.29) is 29.6 Å². The van der Waals surface area contributed by atoms with E-state index in [2.05, 4.69) is 15.6 Å². The Hall–Kier alpha value is -3.49. The fourth-order valence-corrected chi connectivity index (χ4v) is 2.20. The zero-order chi connectivity index (χ0) is 19.1. The molecule has 9 nitrogen and oxygen atoms in total. The Kier molecular flexibility index (Phi) is 6.20. The van der Waals surface area contributed by atoms with Crippen LogP contribution in [-0.4, -0.2) is 34.4 Å². The first-order valence-electron chi connectivity index (χ1n) is 7.86. The number of carbonyl (C=O) groups excluding carboxylic acids is 2. The van der Waals surface area contributed by atoms with Crippen molar-refractivity contribution < 1.29 is 19.2 Å². The van der Waals surface area contributed by atoms with Gasteiger partial charge in [-0.25, -0.2) is 9.78 Å². The van der Waals surface area contributed by atoms with Crippen LogP contribution in [-0.2, 0) is 4.74 Å². The number of amides is 1. The van der Waals surface area contributed by atoms with Crippen molar-refractivity contribution in [2.24, 2.45) is 0 Å². The highest BCUT2D eigenvalue weighted by Gasteiger charge is 2.21. The van der Waals surface area contributed by atoms with E-state index in [1.165, 1.54) is 6.07 Å². The third-order valence-electron chi connectivity index (χ3n) is 3.41. The fraction of sp³-hybridized carbons (Fsp3) is 0.235. The molecule has 0 aliphatic rings. The quantitative estimate of drug-likeness (QED) is 0.442. The van der Waals surface area contributed by atoms with Crippen molar-refractivity contribution in [2.45, 2.75) is 19.9 Å². The zero-order valence-electron chi connectivity index (χ0n) is 14.3. The minimum Gasteiger partial charge on any atom is -0.450 e. The second kappa shape index (κ2) is 8.56. The lowest BCUT2D eigenvalue weighted by Crippen LogP contribution is -2.26. The molecule has 0 saturated heterocycles. The molecule has 2 N–H and O–H groups in total. The molecule has 0 fully saturated rings. The lowest BCUT2D eigenvalue weighted by Gasteiger charge is -2.15. The maximum absolute atomic E-state index is 12.4. The van der Waals surface area contributed by atoms with Gasteiger partial charge in [-0.1, -0.05) is 30.3 Å².